The summed E-state index contributed by atoms with van der Waals surface area (Å²) in [5.74, 6) is 3.37. The summed E-state index contributed by atoms with van der Waals surface area (Å²) in [7, 11) is 1.55. The number of carbonyl (C=O) groups excluding carboxylic acids is 1. The van der Waals surface area contributed by atoms with Crippen LogP contribution < -0.4 is 14.8 Å². The lowest BCUT2D eigenvalue weighted by Gasteiger charge is -2.15. The van der Waals surface area contributed by atoms with Gasteiger partial charge in [0.2, 0.25) is 5.91 Å². The van der Waals surface area contributed by atoms with Crippen molar-refractivity contribution < 1.29 is 14.3 Å². The van der Waals surface area contributed by atoms with E-state index in [0.29, 0.717) is 17.9 Å². The second kappa shape index (κ2) is 8.59. The van der Waals surface area contributed by atoms with E-state index < -0.39 is 6.04 Å². The largest absolute Gasteiger partial charge is 0.493 e. The van der Waals surface area contributed by atoms with Crippen LogP contribution in [0.1, 0.15) is 31.7 Å². The number of methoxy groups -OCH3 is 1. The highest BCUT2D eigenvalue weighted by atomic mass is 16.5. The number of terminal acetylenes is 1. The monoisotopic (exact) mass is 300 g/mol. The number of hydrogen-bond donors (Lipinski definition) is 1. The summed E-state index contributed by atoms with van der Waals surface area (Å²) in [6.07, 6.45) is 5.46. The molecule has 5 nitrogen and oxygen atoms in total. The fourth-order valence-electron chi connectivity index (χ4n) is 1.96. The minimum absolute atomic E-state index is 0.0125. The van der Waals surface area contributed by atoms with Gasteiger partial charge in [-0.25, -0.2) is 0 Å². The van der Waals surface area contributed by atoms with Crippen LogP contribution >= 0.6 is 0 Å². The molecule has 0 bridgehead atoms. The maximum Gasteiger partial charge on any atom is 0.221 e. The molecule has 5 heteroatoms. The average molecular weight is 300 g/mol. The van der Waals surface area contributed by atoms with Crippen LogP contribution in [0.2, 0.25) is 0 Å². The zero-order chi connectivity index (χ0) is 16.5. The van der Waals surface area contributed by atoms with Gasteiger partial charge in [0.05, 0.1) is 13.2 Å². The Morgan fingerprint density at radius 2 is 2.14 bits per heavy atom. The van der Waals surface area contributed by atoms with E-state index in [1.165, 1.54) is 0 Å². The van der Waals surface area contributed by atoms with Gasteiger partial charge in [-0.2, -0.15) is 5.26 Å². The molecule has 2 atom stereocenters. The fraction of sp³-hybridized carbons (Fsp3) is 0.412. The third-order valence-corrected chi connectivity index (χ3v) is 3.13. The summed E-state index contributed by atoms with van der Waals surface area (Å²) < 4.78 is 10.7. The molecule has 1 rings (SSSR count). The molecule has 2 unspecified atom stereocenters. The molecular weight excluding hydrogens is 280 g/mol. The number of nitriles is 1. The van der Waals surface area contributed by atoms with Gasteiger partial charge in [-0.3, -0.25) is 4.79 Å². The molecule has 116 valence electrons. The van der Waals surface area contributed by atoms with Crippen LogP contribution in [0.4, 0.5) is 0 Å². The molecule has 1 amide bonds. The van der Waals surface area contributed by atoms with Gasteiger partial charge in [0, 0.05) is 6.42 Å². The second-order valence-corrected chi connectivity index (χ2v) is 4.93. The molecule has 0 saturated carbocycles. The zero-order valence-corrected chi connectivity index (χ0v) is 13.1. The lowest BCUT2D eigenvalue weighted by molar-refractivity contribution is -0.121. The van der Waals surface area contributed by atoms with Crippen molar-refractivity contribution in [2.45, 2.75) is 32.2 Å². The molecule has 0 aliphatic heterocycles. The number of carbonyl (C=O) groups is 1. The molecule has 0 spiro atoms. The topological polar surface area (TPSA) is 71.3 Å². The van der Waals surface area contributed by atoms with E-state index in [1.54, 1.807) is 20.1 Å². The van der Waals surface area contributed by atoms with E-state index in [9.17, 15) is 4.79 Å². The Labute approximate surface area is 131 Å². The Kier molecular flexibility index (Phi) is 6.79. The minimum atomic E-state index is -0.492. The highest BCUT2D eigenvalue weighted by Gasteiger charge is 2.15. The molecule has 22 heavy (non-hydrogen) atoms. The number of benzene rings is 1. The third kappa shape index (κ3) is 5.03. The van der Waals surface area contributed by atoms with Gasteiger partial charge in [0.15, 0.2) is 11.5 Å². The molecule has 0 fully saturated rings. The predicted molar refractivity (Wildman–Crippen MR) is 83.6 cm³/mol. The average Bonchev–Trinajstić information content (AvgIpc) is 2.52. The Balaban J connectivity index is 2.78. The molecule has 0 heterocycles. The summed E-state index contributed by atoms with van der Waals surface area (Å²) in [6.45, 7) is 3.75. The Morgan fingerprint density at radius 3 is 2.73 bits per heavy atom. The summed E-state index contributed by atoms with van der Waals surface area (Å²) >= 11 is 0. The van der Waals surface area contributed by atoms with Gasteiger partial charge in [-0.05, 0) is 30.5 Å². The molecule has 1 aromatic carbocycles. The molecule has 0 radical (unpaired) electrons. The van der Waals surface area contributed by atoms with Crippen molar-refractivity contribution in [1.82, 2.24) is 5.32 Å². The van der Waals surface area contributed by atoms with Crippen molar-refractivity contribution in [3.05, 3.63) is 23.8 Å². The van der Waals surface area contributed by atoms with Crippen LogP contribution in [-0.2, 0) is 4.79 Å². The Bertz CT molecular complexity index is 599. The molecule has 0 aliphatic carbocycles. The van der Waals surface area contributed by atoms with Crippen molar-refractivity contribution in [3.63, 3.8) is 0 Å². The SMILES string of the molecule is C#CCOc1ccc(C(C)CC(=O)NC(C)C#N)cc1OC. The normalized spacial score (nSPS) is 12.4. The smallest absolute Gasteiger partial charge is 0.221 e. The first-order valence-corrected chi connectivity index (χ1v) is 6.95. The fourth-order valence-corrected chi connectivity index (χ4v) is 1.96. The van der Waals surface area contributed by atoms with Gasteiger partial charge >= 0.3 is 0 Å². The molecule has 0 aliphatic rings. The van der Waals surface area contributed by atoms with Crippen molar-refractivity contribution in [2.75, 3.05) is 13.7 Å². The van der Waals surface area contributed by atoms with E-state index in [2.05, 4.69) is 11.2 Å². The number of ether oxygens (including phenoxy) is 2. The van der Waals surface area contributed by atoms with Gasteiger partial charge in [0.25, 0.3) is 0 Å². The maximum atomic E-state index is 11.8. The van der Waals surface area contributed by atoms with Crippen molar-refractivity contribution in [2.24, 2.45) is 0 Å². The number of hydrogen-bond acceptors (Lipinski definition) is 4. The first-order chi connectivity index (χ1) is 10.5. The molecule has 1 aromatic rings. The summed E-state index contributed by atoms with van der Waals surface area (Å²) in [6, 6.07) is 6.96. The van der Waals surface area contributed by atoms with Crippen LogP contribution in [0, 0.1) is 23.7 Å². The van der Waals surface area contributed by atoms with E-state index >= 15 is 0 Å². The summed E-state index contributed by atoms with van der Waals surface area (Å²) in [5.41, 5.74) is 0.949. The van der Waals surface area contributed by atoms with Crippen LogP contribution in [0.5, 0.6) is 11.5 Å². The number of amides is 1. The molecule has 0 saturated heterocycles. The van der Waals surface area contributed by atoms with Crippen LogP contribution in [-0.4, -0.2) is 25.7 Å². The zero-order valence-electron chi connectivity index (χ0n) is 13.1. The Hall–Kier alpha value is -2.66. The highest BCUT2D eigenvalue weighted by Crippen LogP contribution is 2.31. The lowest BCUT2D eigenvalue weighted by Crippen LogP contribution is -2.31. The lowest BCUT2D eigenvalue weighted by atomic mass is 9.97. The summed E-state index contributed by atoms with van der Waals surface area (Å²) in [4.78, 5) is 11.8. The number of rotatable bonds is 7. The van der Waals surface area contributed by atoms with Crippen LogP contribution in [0.15, 0.2) is 18.2 Å². The molecular formula is C17H20N2O3. The van der Waals surface area contributed by atoms with Gasteiger partial charge < -0.3 is 14.8 Å². The van der Waals surface area contributed by atoms with E-state index in [0.717, 1.165) is 5.56 Å². The van der Waals surface area contributed by atoms with Crippen molar-refractivity contribution >= 4 is 5.91 Å². The predicted octanol–water partition coefficient (Wildman–Crippen LogP) is 2.23. The maximum absolute atomic E-state index is 11.8. The number of nitrogens with one attached hydrogen (secondary N) is 1. The molecule has 0 aromatic heterocycles. The van der Waals surface area contributed by atoms with Crippen LogP contribution in [0.25, 0.3) is 0 Å². The Morgan fingerprint density at radius 1 is 1.41 bits per heavy atom. The third-order valence-electron chi connectivity index (χ3n) is 3.13. The number of nitrogens with zero attached hydrogens (tertiary/aromatic N) is 1. The van der Waals surface area contributed by atoms with Crippen LogP contribution in [0.3, 0.4) is 0 Å². The van der Waals surface area contributed by atoms with E-state index in [4.69, 9.17) is 21.2 Å². The highest BCUT2D eigenvalue weighted by molar-refractivity contribution is 5.77. The molecule has 1 N–H and O–H groups in total. The first-order valence-electron chi connectivity index (χ1n) is 6.95. The van der Waals surface area contributed by atoms with Crippen molar-refractivity contribution in [1.29, 1.82) is 5.26 Å². The second-order valence-electron chi connectivity index (χ2n) is 4.93. The van der Waals surface area contributed by atoms with E-state index in [1.807, 2.05) is 25.1 Å². The standard InChI is InChI=1S/C17H20N2O3/c1-5-8-22-15-7-6-14(10-16(15)21-4)12(2)9-17(20)19-13(3)11-18/h1,6-7,10,12-13H,8-9H2,2-4H3,(H,19,20). The quantitative estimate of drug-likeness (QED) is 0.784. The first kappa shape index (κ1) is 17.4. The van der Waals surface area contributed by atoms with Gasteiger partial charge in [-0.15, -0.1) is 6.42 Å². The van der Waals surface area contributed by atoms with Gasteiger partial charge in [-0.1, -0.05) is 18.9 Å². The summed E-state index contributed by atoms with van der Waals surface area (Å²) in [5, 5.41) is 11.3. The van der Waals surface area contributed by atoms with Gasteiger partial charge in [0.1, 0.15) is 12.6 Å². The van der Waals surface area contributed by atoms with Crippen molar-refractivity contribution in [3.8, 4) is 29.9 Å². The minimum Gasteiger partial charge on any atom is -0.493 e. The van der Waals surface area contributed by atoms with E-state index in [-0.39, 0.29) is 18.4 Å².